The van der Waals surface area contributed by atoms with Gasteiger partial charge in [0.15, 0.2) is 0 Å². The van der Waals surface area contributed by atoms with Gasteiger partial charge < -0.3 is 14.8 Å². The van der Waals surface area contributed by atoms with Crippen molar-refractivity contribution in [3.63, 3.8) is 0 Å². The second-order valence-corrected chi connectivity index (χ2v) is 8.05. The number of nitrogens with zero attached hydrogens (tertiary/aromatic N) is 1. The van der Waals surface area contributed by atoms with E-state index in [9.17, 15) is 13.2 Å². The average molecular weight is 354 g/mol. The zero-order valence-corrected chi connectivity index (χ0v) is 14.6. The molecule has 7 nitrogen and oxygen atoms in total. The molecule has 0 spiro atoms. The van der Waals surface area contributed by atoms with Crippen molar-refractivity contribution in [2.75, 3.05) is 27.3 Å². The molecule has 2 bridgehead atoms. The van der Waals surface area contributed by atoms with Crippen LogP contribution in [-0.2, 0) is 14.8 Å². The average Bonchev–Trinajstić information content (AvgIpc) is 2.91. The number of nitrogens with one attached hydrogen (secondary N) is 1. The Bertz CT molecular complexity index is 734. The lowest BCUT2D eigenvalue weighted by Gasteiger charge is -2.24. The fourth-order valence-electron chi connectivity index (χ4n) is 3.39. The standard InChI is InChI=1S/C16H22N2O5S/c1-22-14-9-11(16(19)23-2)3-6-15(14)24(20,21)18-8-7-12-4-5-13(10-18)17-12/h3,6,9,12-13,17H,4-5,7-8,10H2,1-2H3. The van der Waals surface area contributed by atoms with E-state index < -0.39 is 16.0 Å². The predicted molar refractivity (Wildman–Crippen MR) is 87.7 cm³/mol. The monoisotopic (exact) mass is 354 g/mol. The minimum Gasteiger partial charge on any atom is -0.495 e. The first-order valence-corrected chi connectivity index (χ1v) is 9.42. The van der Waals surface area contributed by atoms with E-state index in [4.69, 9.17) is 4.74 Å². The van der Waals surface area contributed by atoms with Crippen molar-refractivity contribution in [2.24, 2.45) is 0 Å². The van der Waals surface area contributed by atoms with Crippen molar-refractivity contribution in [3.05, 3.63) is 23.8 Å². The van der Waals surface area contributed by atoms with Gasteiger partial charge in [0, 0.05) is 25.2 Å². The highest BCUT2D eigenvalue weighted by molar-refractivity contribution is 7.89. The third-order valence-corrected chi connectivity index (χ3v) is 6.59. The lowest BCUT2D eigenvalue weighted by Crippen LogP contribution is -2.39. The number of carbonyl (C=O) groups is 1. The number of sulfonamides is 1. The van der Waals surface area contributed by atoms with Gasteiger partial charge in [0.2, 0.25) is 10.0 Å². The normalized spacial score (nSPS) is 24.4. The lowest BCUT2D eigenvalue weighted by atomic mass is 10.1. The Kier molecular flexibility index (Phi) is 4.80. The Labute approximate surface area is 142 Å². The summed E-state index contributed by atoms with van der Waals surface area (Å²) in [7, 11) is -1.02. The van der Waals surface area contributed by atoms with Gasteiger partial charge in [0.1, 0.15) is 10.6 Å². The molecular weight excluding hydrogens is 332 g/mol. The third kappa shape index (κ3) is 3.13. The molecule has 0 amide bonds. The van der Waals surface area contributed by atoms with Crippen LogP contribution in [0.15, 0.2) is 23.1 Å². The Morgan fingerprint density at radius 2 is 1.96 bits per heavy atom. The Hall–Kier alpha value is -1.64. The molecule has 1 aromatic carbocycles. The van der Waals surface area contributed by atoms with Crippen LogP contribution in [0.2, 0.25) is 0 Å². The maximum Gasteiger partial charge on any atom is 0.337 e. The number of benzene rings is 1. The summed E-state index contributed by atoms with van der Waals surface area (Å²) < 4.78 is 37.5. The van der Waals surface area contributed by atoms with Crippen molar-refractivity contribution in [1.29, 1.82) is 0 Å². The number of hydrogen-bond donors (Lipinski definition) is 1. The molecule has 1 N–H and O–H groups in total. The summed E-state index contributed by atoms with van der Waals surface area (Å²) in [4.78, 5) is 11.7. The first-order chi connectivity index (χ1) is 11.5. The Morgan fingerprint density at radius 1 is 1.21 bits per heavy atom. The number of esters is 1. The first kappa shape index (κ1) is 17.2. The van der Waals surface area contributed by atoms with Crippen molar-refractivity contribution in [3.8, 4) is 5.75 Å². The van der Waals surface area contributed by atoms with Crippen LogP contribution in [0.25, 0.3) is 0 Å². The Morgan fingerprint density at radius 3 is 2.67 bits per heavy atom. The van der Waals surface area contributed by atoms with Gasteiger partial charge >= 0.3 is 5.97 Å². The summed E-state index contributed by atoms with van der Waals surface area (Å²) in [5.41, 5.74) is 0.255. The fourth-order valence-corrected chi connectivity index (χ4v) is 5.03. The van der Waals surface area contributed by atoms with Crippen LogP contribution in [-0.4, -0.2) is 58.1 Å². The highest BCUT2D eigenvalue weighted by atomic mass is 32.2. The number of hydrogen-bond acceptors (Lipinski definition) is 6. The van der Waals surface area contributed by atoms with Gasteiger partial charge in [0.25, 0.3) is 0 Å². The molecule has 2 aliphatic rings. The van der Waals surface area contributed by atoms with Crippen molar-refractivity contribution < 1.29 is 22.7 Å². The van der Waals surface area contributed by atoms with E-state index in [1.54, 1.807) is 0 Å². The summed E-state index contributed by atoms with van der Waals surface area (Å²) in [6.45, 7) is 0.944. The van der Waals surface area contributed by atoms with Crippen molar-refractivity contribution in [2.45, 2.75) is 36.2 Å². The first-order valence-electron chi connectivity index (χ1n) is 7.98. The molecule has 2 aliphatic heterocycles. The topological polar surface area (TPSA) is 84.9 Å². The molecule has 2 atom stereocenters. The predicted octanol–water partition coefficient (Wildman–Crippen LogP) is 0.997. The van der Waals surface area contributed by atoms with E-state index in [0.717, 1.165) is 19.3 Å². The minimum absolute atomic E-state index is 0.0791. The molecule has 2 saturated heterocycles. The van der Waals surface area contributed by atoms with Crippen LogP contribution in [0.4, 0.5) is 0 Å². The van der Waals surface area contributed by atoms with Gasteiger partial charge in [-0.05, 0) is 37.5 Å². The maximum atomic E-state index is 13.0. The zero-order chi connectivity index (χ0) is 17.3. The molecular formula is C16H22N2O5S. The summed E-state index contributed by atoms with van der Waals surface area (Å²) in [5, 5.41) is 3.47. The lowest BCUT2D eigenvalue weighted by molar-refractivity contribution is 0.0600. The number of methoxy groups -OCH3 is 2. The van der Waals surface area contributed by atoms with Crippen LogP contribution in [0.1, 0.15) is 29.6 Å². The smallest absolute Gasteiger partial charge is 0.337 e. The molecule has 2 unspecified atom stereocenters. The molecule has 2 heterocycles. The highest BCUT2D eigenvalue weighted by Gasteiger charge is 2.36. The molecule has 0 radical (unpaired) electrons. The van der Waals surface area contributed by atoms with Crippen molar-refractivity contribution in [1.82, 2.24) is 9.62 Å². The second kappa shape index (κ2) is 6.70. The quantitative estimate of drug-likeness (QED) is 0.812. The number of ether oxygens (including phenoxy) is 2. The van der Waals surface area contributed by atoms with Crippen LogP contribution >= 0.6 is 0 Å². The molecule has 0 aromatic heterocycles. The van der Waals surface area contributed by atoms with Crippen molar-refractivity contribution >= 4 is 16.0 Å². The summed E-state index contributed by atoms with van der Waals surface area (Å²) in [6, 6.07) is 4.87. The highest BCUT2D eigenvalue weighted by Crippen LogP contribution is 2.31. The summed E-state index contributed by atoms with van der Waals surface area (Å²) in [6.07, 6.45) is 2.91. The molecule has 0 saturated carbocycles. The molecule has 132 valence electrons. The number of carbonyl (C=O) groups excluding carboxylic acids is 1. The fraction of sp³-hybridized carbons (Fsp3) is 0.562. The van der Waals surface area contributed by atoms with E-state index in [2.05, 4.69) is 10.1 Å². The Balaban J connectivity index is 1.92. The molecule has 24 heavy (non-hydrogen) atoms. The van der Waals surface area contributed by atoms with Gasteiger partial charge in [-0.3, -0.25) is 0 Å². The van der Waals surface area contributed by atoms with Gasteiger partial charge in [-0.25, -0.2) is 13.2 Å². The second-order valence-electron chi connectivity index (χ2n) is 6.15. The molecule has 3 rings (SSSR count). The van der Waals surface area contributed by atoms with E-state index in [1.165, 1.54) is 36.7 Å². The maximum absolute atomic E-state index is 13.0. The number of fused-ring (bicyclic) bond motifs is 2. The van der Waals surface area contributed by atoms with Crippen LogP contribution in [0.5, 0.6) is 5.75 Å². The van der Waals surface area contributed by atoms with E-state index in [1.807, 2.05) is 0 Å². The van der Waals surface area contributed by atoms with E-state index in [-0.39, 0.29) is 22.3 Å². The summed E-state index contributed by atoms with van der Waals surface area (Å²) >= 11 is 0. The largest absolute Gasteiger partial charge is 0.495 e. The van der Waals surface area contributed by atoms with Crippen LogP contribution in [0, 0.1) is 0 Å². The SMILES string of the molecule is COC(=O)c1ccc(S(=O)(=O)N2CCC3CCC(C2)N3)c(OC)c1. The van der Waals surface area contributed by atoms with E-state index >= 15 is 0 Å². The summed E-state index contributed by atoms with van der Waals surface area (Å²) in [5.74, 6) is -0.381. The van der Waals surface area contributed by atoms with Gasteiger partial charge in [-0.2, -0.15) is 4.31 Å². The van der Waals surface area contributed by atoms with Crippen LogP contribution in [0.3, 0.4) is 0 Å². The van der Waals surface area contributed by atoms with E-state index in [0.29, 0.717) is 19.1 Å². The molecule has 1 aromatic rings. The number of rotatable bonds is 4. The van der Waals surface area contributed by atoms with Gasteiger partial charge in [-0.15, -0.1) is 0 Å². The minimum atomic E-state index is -3.68. The molecule has 2 fully saturated rings. The third-order valence-electron chi connectivity index (χ3n) is 4.69. The van der Waals surface area contributed by atoms with Crippen LogP contribution < -0.4 is 10.1 Å². The molecule has 0 aliphatic carbocycles. The van der Waals surface area contributed by atoms with Gasteiger partial charge in [-0.1, -0.05) is 0 Å². The zero-order valence-electron chi connectivity index (χ0n) is 13.8. The molecule has 8 heteroatoms. The van der Waals surface area contributed by atoms with Gasteiger partial charge in [0.05, 0.1) is 19.8 Å².